The van der Waals surface area contributed by atoms with Crippen molar-refractivity contribution in [2.45, 2.75) is 19.4 Å². The predicted octanol–water partition coefficient (Wildman–Crippen LogP) is -0.321. The van der Waals surface area contributed by atoms with E-state index in [4.69, 9.17) is 4.74 Å². The quantitative estimate of drug-likeness (QED) is 0.639. The molecule has 2 heterocycles. The number of carbonyl (C=O) groups is 1. The Balaban J connectivity index is 1.80. The van der Waals surface area contributed by atoms with E-state index in [-0.39, 0.29) is 5.91 Å². The van der Waals surface area contributed by atoms with E-state index in [0.717, 1.165) is 37.9 Å². The summed E-state index contributed by atoms with van der Waals surface area (Å²) in [4.78, 5) is 14.2. The lowest BCUT2D eigenvalue weighted by Gasteiger charge is -2.26. The maximum atomic E-state index is 11.8. The third-order valence-electron chi connectivity index (χ3n) is 4.22. The van der Waals surface area contributed by atoms with Gasteiger partial charge in [-0.25, -0.2) is 0 Å². The number of hydrogen-bond donors (Lipinski definition) is 2. The molecule has 0 aromatic carbocycles. The first-order chi connectivity index (χ1) is 8.76. The maximum Gasteiger partial charge on any atom is 0.234 e. The van der Waals surface area contributed by atoms with Gasteiger partial charge < -0.3 is 15.4 Å². The molecule has 3 unspecified atom stereocenters. The standard InChI is InChI=1S/C13H25N3O2/c1-3-12-11-7-14-6-10(11)8-16(12)9-13(17)15-4-5-18-2/h10-12,14H,3-9H2,1-2H3,(H,15,17). The summed E-state index contributed by atoms with van der Waals surface area (Å²) in [6.07, 6.45) is 1.13. The molecule has 18 heavy (non-hydrogen) atoms. The summed E-state index contributed by atoms with van der Waals surface area (Å²) in [5.74, 6) is 1.60. The molecular weight excluding hydrogens is 230 g/mol. The molecule has 2 fully saturated rings. The van der Waals surface area contributed by atoms with Crippen molar-refractivity contribution in [2.24, 2.45) is 11.8 Å². The highest BCUT2D eigenvalue weighted by Crippen LogP contribution is 2.33. The lowest BCUT2D eigenvalue weighted by atomic mass is 9.93. The number of ether oxygens (including phenoxy) is 1. The first kappa shape index (κ1) is 13.8. The van der Waals surface area contributed by atoms with Gasteiger partial charge >= 0.3 is 0 Å². The van der Waals surface area contributed by atoms with Crippen molar-refractivity contribution in [1.82, 2.24) is 15.5 Å². The third kappa shape index (κ3) is 3.02. The van der Waals surface area contributed by atoms with Crippen LogP contribution in [0.15, 0.2) is 0 Å². The molecule has 2 N–H and O–H groups in total. The van der Waals surface area contributed by atoms with E-state index in [2.05, 4.69) is 22.5 Å². The fourth-order valence-corrected chi connectivity index (χ4v) is 3.39. The number of likely N-dealkylation sites (tertiary alicyclic amines) is 1. The van der Waals surface area contributed by atoms with Gasteiger partial charge in [0.2, 0.25) is 5.91 Å². The van der Waals surface area contributed by atoms with E-state index in [9.17, 15) is 4.79 Å². The number of methoxy groups -OCH3 is 1. The Bertz CT molecular complexity index is 285. The second kappa shape index (κ2) is 6.50. The van der Waals surface area contributed by atoms with E-state index >= 15 is 0 Å². The highest BCUT2D eigenvalue weighted by Gasteiger charge is 2.43. The number of fused-ring (bicyclic) bond motifs is 1. The van der Waals surface area contributed by atoms with E-state index in [1.54, 1.807) is 7.11 Å². The first-order valence-corrected chi connectivity index (χ1v) is 6.96. The summed E-state index contributed by atoms with van der Waals surface area (Å²) in [5, 5.41) is 6.36. The molecule has 2 rings (SSSR count). The number of nitrogens with one attached hydrogen (secondary N) is 2. The highest BCUT2D eigenvalue weighted by molar-refractivity contribution is 5.78. The van der Waals surface area contributed by atoms with Crippen molar-refractivity contribution < 1.29 is 9.53 Å². The normalized spacial score (nSPS) is 31.6. The van der Waals surface area contributed by atoms with E-state index in [0.29, 0.717) is 25.7 Å². The van der Waals surface area contributed by atoms with Gasteiger partial charge in [0.05, 0.1) is 13.2 Å². The van der Waals surface area contributed by atoms with Gasteiger partial charge in [-0.3, -0.25) is 9.69 Å². The molecule has 0 spiro atoms. The van der Waals surface area contributed by atoms with Gasteiger partial charge in [-0.15, -0.1) is 0 Å². The molecule has 1 amide bonds. The van der Waals surface area contributed by atoms with Crippen LogP contribution in [0.3, 0.4) is 0 Å². The van der Waals surface area contributed by atoms with Gasteiger partial charge in [-0.1, -0.05) is 6.92 Å². The predicted molar refractivity (Wildman–Crippen MR) is 70.4 cm³/mol. The molecule has 0 aromatic heterocycles. The number of carbonyl (C=O) groups excluding carboxylic acids is 1. The van der Waals surface area contributed by atoms with Crippen molar-refractivity contribution in [1.29, 1.82) is 0 Å². The molecule has 104 valence electrons. The summed E-state index contributed by atoms with van der Waals surface area (Å²) in [7, 11) is 1.65. The van der Waals surface area contributed by atoms with E-state index in [1.807, 2.05) is 0 Å². The Labute approximate surface area is 109 Å². The number of amides is 1. The number of nitrogens with zero attached hydrogens (tertiary/aromatic N) is 1. The van der Waals surface area contributed by atoms with Gasteiger partial charge in [0, 0.05) is 26.2 Å². The Morgan fingerprint density at radius 1 is 1.50 bits per heavy atom. The zero-order valence-electron chi connectivity index (χ0n) is 11.4. The summed E-state index contributed by atoms with van der Waals surface area (Å²) >= 11 is 0. The van der Waals surface area contributed by atoms with Crippen molar-refractivity contribution in [3.8, 4) is 0 Å². The molecule has 0 saturated carbocycles. The molecule has 2 aliphatic rings. The highest BCUT2D eigenvalue weighted by atomic mass is 16.5. The van der Waals surface area contributed by atoms with E-state index in [1.165, 1.54) is 0 Å². The minimum atomic E-state index is 0.124. The lowest BCUT2D eigenvalue weighted by molar-refractivity contribution is -0.122. The van der Waals surface area contributed by atoms with Crippen molar-refractivity contribution in [2.75, 3.05) is 46.4 Å². The zero-order chi connectivity index (χ0) is 13.0. The monoisotopic (exact) mass is 255 g/mol. The molecule has 0 aliphatic carbocycles. The number of hydrogen-bond acceptors (Lipinski definition) is 4. The molecule has 5 nitrogen and oxygen atoms in total. The van der Waals surface area contributed by atoms with E-state index < -0.39 is 0 Å². The topological polar surface area (TPSA) is 53.6 Å². The molecular formula is C13H25N3O2. The maximum absolute atomic E-state index is 11.8. The van der Waals surface area contributed by atoms with Crippen LogP contribution in [-0.2, 0) is 9.53 Å². The average molecular weight is 255 g/mol. The second-order valence-corrected chi connectivity index (χ2v) is 5.33. The van der Waals surface area contributed by atoms with Crippen LogP contribution in [0.25, 0.3) is 0 Å². The summed E-state index contributed by atoms with van der Waals surface area (Å²) in [5.41, 5.74) is 0. The Morgan fingerprint density at radius 2 is 2.33 bits per heavy atom. The van der Waals surface area contributed by atoms with Crippen molar-refractivity contribution in [3.63, 3.8) is 0 Å². The van der Waals surface area contributed by atoms with Gasteiger partial charge in [-0.05, 0) is 31.3 Å². The second-order valence-electron chi connectivity index (χ2n) is 5.33. The smallest absolute Gasteiger partial charge is 0.234 e. The molecule has 2 aliphatic heterocycles. The van der Waals surface area contributed by atoms with Crippen LogP contribution in [0, 0.1) is 11.8 Å². The largest absolute Gasteiger partial charge is 0.383 e. The fraction of sp³-hybridized carbons (Fsp3) is 0.923. The van der Waals surface area contributed by atoms with Crippen LogP contribution in [0.2, 0.25) is 0 Å². The molecule has 0 bridgehead atoms. The SMILES string of the molecule is CCC1C2CNCC2CN1CC(=O)NCCOC. The summed E-state index contributed by atoms with van der Waals surface area (Å²) < 4.78 is 4.93. The first-order valence-electron chi connectivity index (χ1n) is 6.96. The molecule has 2 saturated heterocycles. The van der Waals surface area contributed by atoms with Crippen LogP contribution < -0.4 is 10.6 Å². The van der Waals surface area contributed by atoms with Crippen LogP contribution in [0.4, 0.5) is 0 Å². The minimum absolute atomic E-state index is 0.124. The van der Waals surface area contributed by atoms with Gasteiger partial charge in [0.25, 0.3) is 0 Å². The zero-order valence-corrected chi connectivity index (χ0v) is 11.4. The van der Waals surface area contributed by atoms with Crippen LogP contribution in [-0.4, -0.2) is 63.3 Å². The molecule has 5 heteroatoms. The van der Waals surface area contributed by atoms with Gasteiger partial charge in [-0.2, -0.15) is 0 Å². The summed E-state index contributed by atoms with van der Waals surface area (Å²) in [6.45, 7) is 7.24. The molecule has 0 radical (unpaired) electrons. The van der Waals surface area contributed by atoms with Crippen molar-refractivity contribution in [3.05, 3.63) is 0 Å². The minimum Gasteiger partial charge on any atom is -0.383 e. The van der Waals surface area contributed by atoms with Crippen LogP contribution >= 0.6 is 0 Å². The van der Waals surface area contributed by atoms with Crippen LogP contribution in [0.1, 0.15) is 13.3 Å². The van der Waals surface area contributed by atoms with Gasteiger partial charge in [0.1, 0.15) is 0 Å². The lowest BCUT2D eigenvalue weighted by Crippen LogP contribution is -2.42. The Morgan fingerprint density at radius 3 is 3.06 bits per heavy atom. The molecule has 3 atom stereocenters. The number of rotatable bonds is 6. The van der Waals surface area contributed by atoms with Crippen molar-refractivity contribution >= 4 is 5.91 Å². The fourth-order valence-electron chi connectivity index (χ4n) is 3.39. The third-order valence-corrected chi connectivity index (χ3v) is 4.22. The van der Waals surface area contributed by atoms with Crippen LogP contribution in [0.5, 0.6) is 0 Å². The average Bonchev–Trinajstić information content (AvgIpc) is 2.89. The molecule has 0 aromatic rings. The Kier molecular flexibility index (Phi) is 4.97. The Hall–Kier alpha value is -0.650. The summed E-state index contributed by atoms with van der Waals surface area (Å²) in [6, 6.07) is 0.568. The van der Waals surface area contributed by atoms with Gasteiger partial charge in [0.15, 0.2) is 0 Å².